The normalized spacial score (nSPS) is 10.6. The third kappa shape index (κ3) is 3.78. The van der Waals surface area contributed by atoms with Crippen molar-refractivity contribution in [1.82, 2.24) is 20.1 Å². The summed E-state index contributed by atoms with van der Waals surface area (Å²) in [4.78, 5) is 4.16. The summed E-state index contributed by atoms with van der Waals surface area (Å²) in [7, 11) is 1.90. The Kier molecular flexibility index (Phi) is 4.85. The van der Waals surface area contributed by atoms with Crippen molar-refractivity contribution in [3.05, 3.63) is 12.2 Å². The van der Waals surface area contributed by atoms with Crippen LogP contribution in [-0.2, 0) is 13.1 Å². The minimum atomic E-state index is 0.744. The Morgan fingerprint density at radius 3 is 3.15 bits per heavy atom. The molecule has 5 heteroatoms. The lowest BCUT2D eigenvalue weighted by atomic mass is 10.6. The number of hydrogen-bond acceptors (Lipinski definition) is 4. The molecule has 0 amide bonds. The van der Waals surface area contributed by atoms with Gasteiger partial charge in [-0.3, -0.25) is 4.68 Å². The molecule has 0 saturated heterocycles. The van der Waals surface area contributed by atoms with Crippen LogP contribution in [0.25, 0.3) is 0 Å². The highest BCUT2D eigenvalue weighted by Crippen LogP contribution is 1.99. The molecule has 0 unspecified atom stereocenters. The molecule has 0 spiro atoms. The lowest BCUT2D eigenvalue weighted by molar-refractivity contribution is 0.643. The number of aromatic nitrogens is 3. The second kappa shape index (κ2) is 5.99. The lowest BCUT2D eigenvalue weighted by Gasteiger charge is -1.98. The van der Waals surface area contributed by atoms with Gasteiger partial charge in [-0.15, -0.1) is 0 Å². The number of thioether (sulfide) groups is 1. The van der Waals surface area contributed by atoms with E-state index < -0.39 is 0 Å². The van der Waals surface area contributed by atoms with Gasteiger partial charge in [-0.1, -0.05) is 6.92 Å². The van der Waals surface area contributed by atoms with E-state index in [1.165, 1.54) is 0 Å². The molecule has 0 radical (unpaired) electrons. The molecule has 0 bridgehead atoms. The lowest BCUT2D eigenvalue weighted by Crippen LogP contribution is -2.08. The maximum absolute atomic E-state index is 4.30. The SMILES string of the molecule is CCSCCn1cnc(CNC)n1. The van der Waals surface area contributed by atoms with E-state index in [1.54, 1.807) is 6.33 Å². The highest BCUT2D eigenvalue weighted by atomic mass is 32.2. The summed E-state index contributed by atoms with van der Waals surface area (Å²) < 4.78 is 1.90. The zero-order valence-electron chi connectivity index (χ0n) is 8.16. The number of nitrogens with zero attached hydrogens (tertiary/aromatic N) is 3. The van der Waals surface area contributed by atoms with Crippen molar-refractivity contribution < 1.29 is 0 Å². The van der Waals surface area contributed by atoms with Crippen molar-refractivity contribution in [3.8, 4) is 0 Å². The Hall–Kier alpha value is -0.550. The number of aryl methyl sites for hydroxylation is 1. The van der Waals surface area contributed by atoms with Gasteiger partial charge in [0.05, 0.1) is 13.1 Å². The molecular formula is C8H16N4S. The average molecular weight is 200 g/mol. The maximum atomic E-state index is 4.30. The van der Waals surface area contributed by atoms with Gasteiger partial charge in [-0.25, -0.2) is 4.98 Å². The van der Waals surface area contributed by atoms with Crippen molar-refractivity contribution in [2.24, 2.45) is 0 Å². The van der Waals surface area contributed by atoms with E-state index in [9.17, 15) is 0 Å². The van der Waals surface area contributed by atoms with E-state index in [1.807, 2.05) is 23.5 Å². The van der Waals surface area contributed by atoms with Crippen LogP contribution in [0, 0.1) is 0 Å². The molecule has 4 nitrogen and oxygen atoms in total. The van der Waals surface area contributed by atoms with Gasteiger partial charge in [0, 0.05) is 5.75 Å². The Bertz CT molecular complexity index is 236. The minimum Gasteiger partial charge on any atom is -0.313 e. The maximum Gasteiger partial charge on any atom is 0.164 e. The molecule has 0 aliphatic rings. The molecule has 1 heterocycles. The number of rotatable bonds is 6. The first-order chi connectivity index (χ1) is 6.36. The van der Waals surface area contributed by atoms with Gasteiger partial charge < -0.3 is 5.32 Å². The highest BCUT2D eigenvalue weighted by Gasteiger charge is 1.98. The molecule has 1 aromatic rings. The predicted octanol–water partition coefficient (Wildman–Crippen LogP) is 0.751. The molecule has 13 heavy (non-hydrogen) atoms. The van der Waals surface area contributed by atoms with Crippen molar-refractivity contribution in [3.63, 3.8) is 0 Å². The molecule has 1 N–H and O–H groups in total. The van der Waals surface area contributed by atoms with Crippen molar-refractivity contribution in [2.75, 3.05) is 18.6 Å². The molecule has 0 fully saturated rings. The first-order valence-electron chi connectivity index (χ1n) is 4.47. The second-order valence-electron chi connectivity index (χ2n) is 2.65. The van der Waals surface area contributed by atoms with Crippen LogP contribution in [-0.4, -0.2) is 33.3 Å². The molecule has 0 saturated carbocycles. The van der Waals surface area contributed by atoms with E-state index in [-0.39, 0.29) is 0 Å². The van der Waals surface area contributed by atoms with E-state index in [0.29, 0.717) is 0 Å². The molecule has 74 valence electrons. The summed E-state index contributed by atoms with van der Waals surface area (Å²) in [5.41, 5.74) is 0. The summed E-state index contributed by atoms with van der Waals surface area (Å²) in [5.74, 6) is 3.14. The molecule has 0 aromatic carbocycles. The van der Waals surface area contributed by atoms with Crippen LogP contribution in [0.2, 0.25) is 0 Å². The monoisotopic (exact) mass is 200 g/mol. The van der Waals surface area contributed by atoms with Crippen LogP contribution in [0.4, 0.5) is 0 Å². The van der Waals surface area contributed by atoms with Crippen molar-refractivity contribution in [1.29, 1.82) is 0 Å². The standard InChI is InChI=1S/C8H16N4S/c1-3-13-5-4-12-7-10-8(11-12)6-9-2/h7,9H,3-6H2,1-2H3. The van der Waals surface area contributed by atoms with Crippen LogP contribution >= 0.6 is 11.8 Å². The van der Waals surface area contributed by atoms with Gasteiger partial charge in [0.1, 0.15) is 6.33 Å². The van der Waals surface area contributed by atoms with E-state index in [0.717, 1.165) is 30.4 Å². The highest BCUT2D eigenvalue weighted by molar-refractivity contribution is 7.99. The fourth-order valence-electron chi connectivity index (χ4n) is 0.982. The minimum absolute atomic E-state index is 0.744. The number of nitrogens with one attached hydrogen (secondary N) is 1. The molecule has 1 aromatic heterocycles. The van der Waals surface area contributed by atoms with Crippen LogP contribution in [0.1, 0.15) is 12.7 Å². The molecule has 1 rings (SSSR count). The summed E-state index contributed by atoms with van der Waals surface area (Å²) in [6.45, 7) is 3.86. The fraction of sp³-hybridized carbons (Fsp3) is 0.750. The zero-order chi connectivity index (χ0) is 9.52. The van der Waals surface area contributed by atoms with Gasteiger partial charge in [-0.05, 0) is 12.8 Å². The first-order valence-corrected chi connectivity index (χ1v) is 5.63. The Morgan fingerprint density at radius 1 is 1.62 bits per heavy atom. The average Bonchev–Trinajstić information content (AvgIpc) is 2.54. The quantitative estimate of drug-likeness (QED) is 0.688. The third-order valence-corrected chi connectivity index (χ3v) is 2.47. The van der Waals surface area contributed by atoms with E-state index in [2.05, 4.69) is 22.3 Å². The van der Waals surface area contributed by atoms with Gasteiger partial charge in [0.15, 0.2) is 5.82 Å². The Labute approximate surface area is 83.1 Å². The Balaban J connectivity index is 2.31. The summed E-state index contributed by atoms with van der Waals surface area (Å²) >= 11 is 1.92. The molecular weight excluding hydrogens is 184 g/mol. The first kappa shape index (κ1) is 10.5. The molecule has 0 atom stereocenters. The van der Waals surface area contributed by atoms with Crippen LogP contribution in [0.3, 0.4) is 0 Å². The smallest absolute Gasteiger partial charge is 0.164 e. The summed E-state index contributed by atoms with van der Waals surface area (Å²) in [5, 5.41) is 7.32. The summed E-state index contributed by atoms with van der Waals surface area (Å²) in [6, 6.07) is 0. The van der Waals surface area contributed by atoms with Crippen LogP contribution in [0.15, 0.2) is 6.33 Å². The third-order valence-electron chi connectivity index (χ3n) is 1.59. The zero-order valence-corrected chi connectivity index (χ0v) is 8.97. The predicted molar refractivity (Wildman–Crippen MR) is 55.8 cm³/mol. The van der Waals surface area contributed by atoms with Crippen molar-refractivity contribution >= 4 is 11.8 Å². The molecule has 0 aliphatic heterocycles. The fourth-order valence-corrected chi connectivity index (χ4v) is 1.59. The van der Waals surface area contributed by atoms with Gasteiger partial charge in [-0.2, -0.15) is 16.9 Å². The topological polar surface area (TPSA) is 42.7 Å². The van der Waals surface area contributed by atoms with Crippen LogP contribution < -0.4 is 5.32 Å². The largest absolute Gasteiger partial charge is 0.313 e. The van der Waals surface area contributed by atoms with Gasteiger partial charge in [0.2, 0.25) is 0 Å². The van der Waals surface area contributed by atoms with E-state index >= 15 is 0 Å². The van der Waals surface area contributed by atoms with Crippen LogP contribution in [0.5, 0.6) is 0 Å². The van der Waals surface area contributed by atoms with Crippen molar-refractivity contribution in [2.45, 2.75) is 20.0 Å². The molecule has 0 aliphatic carbocycles. The van der Waals surface area contributed by atoms with Gasteiger partial charge in [0.25, 0.3) is 0 Å². The van der Waals surface area contributed by atoms with E-state index in [4.69, 9.17) is 0 Å². The Morgan fingerprint density at radius 2 is 2.46 bits per heavy atom. The second-order valence-corrected chi connectivity index (χ2v) is 4.04. The van der Waals surface area contributed by atoms with Gasteiger partial charge >= 0.3 is 0 Å². The summed E-state index contributed by atoms with van der Waals surface area (Å²) in [6.07, 6.45) is 1.79. The number of hydrogen-bond donors (Lipinski definition) is 1.